The molecular formula is C8H15BO2. The summed E-state index contributed by atoms with van der Waals surface area (Å²) in [5.74, 6) is -0.161. The van der Waals surface area contributed by atoms with E-state index in [1.54, 1.807) is 0 Å². The summed E-state index contributed by atoms with van der Waals surface area (Å²) >= 11 is 0. The highest BCUT2D eigenvalue weighted by Gasteiger charge is 2.22. The number of hydrogen-bond acceptors (Lipinski definition) is 2. The number of esters is 1. The van der Waals surface area contributed by atoms with Crippen molar-refractivity contribution in [2.45, 2.75) is 33.5 Å². The summed E-state index contributed by atoms with van der Waals surface area (Å²) < 4.78 is 4.93. The Morgan fingerprint density at radius 2 is 2.00 bits per heavy atom. The highest BCUT2D eigenvalue weighted by Crippen LogP contribution is 2.14. The van der Waals surface area contributed by atoms with Crippen molar-refractivity contribution in [2.24, 2.45) is 5.41 Å². The lowest BCUT2D eigenvalue weighted by molar-refractivity contribution is -0.152. The van der Waals surface area contributed by atoms with Gasteiger partial charge in [-0.3, -0.25) is 4.79 Å². The minimum atomic E-state index is -0.394. The maximum absolute atomic E-state index is 11.1. The lowest BCUT2D eigenvalue weighted by atomic mass is 9.97. The van der Waals surface area contributed by atoms with Gasteiger partial charge in [0, 0.05) is 0 Å². The summed E-state index contributed by atoms with van der Waals surface area (Å²) in [5.41, 5.74) is -0.394. The lowest BCUT2D eigenvalue weighted by Crippen LogP contribution is -2.23. The minimum Gasteiger partial charge on any atom is -0.465 e. The van der Waals surface area contributed by atoms with Crippen LogP contribution >= 0.6 is 0 Å². The second-order valence-corrected chi connectivity index (χ2v) is 3.53. The number of hydrogen-bond donors (Lipinski definition) is 0. The smallest absolute Gasteiger partial charge is 0.311 e. The van der Waals surface area contributed by atoms with Crippen molar-refractivity contribution >= 4 is 13.8 Å². The topological polar surface area (TPSA) is 26.3 Å². The van der Waals surface area contributed by atoms with Crippen molar-refractivity contribution in [3.8, 4) is 0 Å². The van der Waals surface area contributed by atoms with Gasteiger partial charge in [0.25, 0.3) is 0 Å². The van der Waals surface area contributed by atoms with Gasteiger partial charge in [-0.2, -0.15) is 0 Å². The van der Waals surface area contributed by atoms with Crippen LogP contribution in [0.4, 0.5) is 0 Å². The number of rotatable bonds is 3. The van der Waals surface area contributed by atoms with Crippen LogP contribution in [-0.4, -0.2) is 20.4 Å². The molecule has 2 nitrogen and oxygen atoms in total. The first-order chi connectivity index (χ1) is 4.98. The second kappa shape index (κ2) is 4.42. The molecule has 0 atom stereocenters. The molecule has 0 aromatic heterocycles. The van der Waals surface area contributed by atoms with Crippen LogP contribution in [0.15, 0.2) is 0 Å². The molecule has 2 radical (unpaired) electrons. The van der Waals surface area contributed by atoms with Gasteiger partial charge in [0.1, 0.15) is 0 Å². The van der Waals surface area contributed by atoms with Crippen molar-refractivity contribution in [1.82, 2.24) is 0 Å². The van der Waals surface area contributed by atoms with Crippen LogP contribution in [0.25, 0.3) is 0 Å². The Morgan fingerprint density at radius 1 is 1.45 bits per heavy atom. The van der Waals surface area contributed by atoms with Crippen molar-refractivity contribution in [2.75, 3.05) is 6.61 Å². The van der Waals surface area contributed by atoms with Gasteiger partial charge in [0.05, 0.1) is 19.9 Å². The average molecular weight is 154 g/mol. The summed E-state index contributed by atoms with van der Waals surface area (Å²) in [4.78, 5) is 11.1. The molecule has 0 saturated heterocycles. The molecule has 0 N–H and O–H groups in total. The van der Waals surface area contributed by atoms with Gasteiger partial charge in [-0.25, -0.2) is 0 Å². The first-order valence-corrected chi connectivity index (χ1v) is 3.86. The largest absolute Gasteiger partial charge is 0.465 e. The molecule has 0 amide bonds. The molecule has 0 aliphatic heterocycles. The van der Waals surface area contributed by atoms with Gasteiger partial charge < -0.3 is 4.74 Å². The maximum atomic E-state index is 11.1. The monoisotopic (exact) mass is 154 g/mol. The van der Waals surface area contributed by atoms with Crippen LogP contribution in [0.2, 0.25) is 6.32 Å². The van der Waals surface area contributed by atoms with E-state index in [1.807, 2.05) is 20.8 Å². The Labute approximate surface area is 69.7 Å². The Kier molecular flexibility index (Phi) is 4.23. The predicted molar refractivity (Wildman–Crippen MR) is 45.6 cm³/mol. The van der Waals surface area contributed by atoms with Gasteiger partial charge in [0.15, 0.2) is 0 Å². The summed E-state index contributed by atoms with van der Waals surface area (Å²) in [7, 11) is 5.23. The molecule has 62 valence electrons. The molecule has 0 aromatic rings. The SMILES string of the molecule is [B]CCCOC(=O)C(C)(C)C. The third-order valence-electron chi connectivity index (χ3n) is 1.19. The predicted octanol–water partition coefficient (Wildman–Crippen LogP) is 1.55. The molecule has 0 aromatic carbocycles. The normalized spacial score (nSPS) is 11.2. The zero-order valence-electron chi connectivity index (χ0n) is 7.52. The molecule has 0 spiro atoms. The summed E-state index contributed by atoms with van der Waals surface area (Å²) in [5, 5.41) is 0. The van der Waals surface area contributed by atoms with Crippen molar-refractivity contribution in [3.05, 3.63) is 0 Å². The van der Waals surface area contributed by atoms with Gasteiger partial charge in [-0.1, -0.05) is 6.32 Å². The molecule has 0 bridgehead atoms. The van der Waals surface area contributed by atoms with Crippen LogP contribution in [0.3, 0.4) is 0 Å². The van der Waals surface area contributed by atoms with Crippen LogP contribution in [-0.2, 0) is 9.53 Å². The number of carbonyl (C=O) groups is 1. The van der Waals surface area contributed by atoms with E-state index in [9.17, 15) is 4.79 Å². The zero-order valence-corrected chi connectivity index (χ0v) is 7.52. The molecule has 11 heavy (non-hydrogen) atoms. The molecule has 0 aliphatic rings. The fourth-order valence-electron chi connectivity index (χ4n) is 0.465. The molecule has 0 fully saturated rings. The van der Waals surface area contributed by atoms with Crippen LogP contribution in [0.5, 0.6) is 0 Å². The standard InChI is InChI=1S/C8H15BO2/c1-8(2,3)7(10)11-6-4-5-9/h4-6H2,1-3H3. The zero-order chi connectivity index (χ0) is 8.91. The Bertz CT molecular complexity index is 127. The third kappa shape index (κ3) is 4.88. The highest BCUT2D eigenvalue weighted by atomic mass is 16.5. The molecule has 0 heterocycles. The fraction of sp³-hybridized carbons (Fsp3) is 0.875. The van der Waals surface area contributed by atoms with E-state index >= 15 is 0 Å². The quantitative estimate of drug-likeness (QED) is 0.350. The van der Waals surface area contributed by atoms with E-state index in [-0.39, 0.29) is 5.97 Å². The first kappa shape index (κ1) is 10.5. The number of ether oxygens (including phenoxy) is 1. The lowest BCUT2D eigenvalue weighted by Gasteiger charge is -2.16. The van der Waals surface area contributed by atoms with Gasteiger partial charge in [-0.15, -0.1) is 0 Å². The van der Waals surface area contributed by atoms with Gasteiger partial charge in [0.2, 0.25) is 0 Å². The maximum Gasteiger partial charge on any atom is 0.311 e. The van der Waals surface area contributed by atoms with E-state index in [0.717, 1.165) is 6.42 Å². The Balaban J connectivity index is 3.54. The highest BCUT2D eigenvalue weighted by molar-refractivity contribution is 6.08. The summed E-state index contributed by atoms with van der Waals surface area (Å²) in [6, 6.07) is 0. The summed E-state index contributed by atoms with van der Waals surface area (Å²) in [6.45, 7) is 5.93. The van der Waals surface area contributed by atoms with Gasteiger partial charge in [-0.05, 0) is 27.2 Å². The van der Waals surface area contributed by atoms with Crippen LogP contribution < -0.4 is 0 Å². The van der Waals surface area contributed by atoms with Crippen molar-refractivity contribution in [1.29, 1.82) is 0 Å². The van der Waals surface area contributed by atoms with E-state index < -0.39 is 5.41 Å². The Morgan fingerprint density at radius 3 is 2.36 bits per heavy atom. The summed E-state index contributed by atoms with van der Waals surface area (Å²) in [6.07, 6.45) is 1.30. The molecule has 0 rings (SSSR count). The van der Waals surface area contributed by atoms with Crippen molar-refractivity contribution in [3.63, 3.8) is 0 Å². The fourth-order valence-corrected chi connectivity index (χ4v) is 0.465. The van der Waals surface area contributed by atoms with Crippen LogP contribution in [0.1, 0.15) is 27.2 Å². The molecule has 0 aliphatic carbocycles. The van der Waals surface area contributed by atoms with E-state index in [4.69, 9.17) is 12.6 Å². The van der Waals surface area contributed by atoms with E-state index in [1.165, 1.54) is 0 Å². The second-order valence-electron chi connectivity index (χ2n) is 3.53. The van der Waals surface area contributed by atoms with Crippen LogP contribution in [0, 0.1) is 5.41 Å². The van der Waals surface area contributed by atoms with Gasteiger partial charge >= 0.3 is 5.97 Å². The van der Waals surface area contributed by atoms with Crippen molar-refractivity contribution < 1.29 is 9.53 Å². The minimum absolute atomic E-state index is 0.161. The Hall–Kier alpha value is -0.465. The van der Waals surface area contributed by atoms with E-state index in [2.05, 4.69) is 0 Å². The number of carbonyl (C=O) groups excluding carboxylic acids is 1. The molecule has 0 unspecified atom stereocenters. The first-order valence-electron chi connectivity index (χ1n) is 3.86. The molecular weight excluding hydrogens is 139 g/mol. The average Bonchev–Trinajstić information content (AvgIpc) is 1.86. The van der Waals surface area contributed by atoms with E-state index in [0.29, 0.717) is 12.9 Å². The third-order valence-corrected chi connectivity index (χ3v) is 1.19. The molecule has 3 heteroatoms. The molecule has 0 saturated carbocycles.